The molecule has 0 fully saturated rings. The fraction of sp³-hybridized carbons (Fsp3) is 1.00. The van der Waals surface area contributed by atoms with Crippen LogP contribution in [0.2, 0.25) is 0 Å². The molecule has 5 heavy (non-hydrogen) atoms. The van der Waals surface area contributed by atoms with Gasteiger partial charge in [0, 0.05) is 16.8 Å². The molecule has 0 rings (SSSR count). The Morgan fingerprint density at radius 3 is 1.00 bits per heavy atom. The molecule has 1 heteroatoms. The molecule has 0 unspecified atom stereocenters. The summed E-state index contributed by atoms with van der Waals surface area (Å²) in [5, 5.41) is 0. The van der Waals surface area contributed by atoms with Gasteiger partial charge in [-0.25, -0.2) is 0 Å². The average molecular weight is 117 g/mol. The van der Waals surface area contributed by atoms with Crippen molar-refractivity contribution in [3.05, 3.63) is 0 Å². The van der Waals surface area contributed by atoms with Crippen LogP contribution in [0.1, 0.15) is 20.8 Å². The molecule has 0 bridgehead atoms. The van der Waals surface area contributed by atoms with Crippen molar-refractivity contribution in [2.24, 2.45) is 5.92 Å². The minimum atomic E-state index is 0. The van der Waals surface area contributed by atoms with Gasteiger partial charge in [-0.05, 0) is 5.92 Å². The number of hydrogen-bond donors (Lipinski definition) is 0. The van der Waals surface area contributed by atoms with Gasteiger partial charge in [0.2, 0.25) is 0 Å². The SMILES string of the molecule is CC(C)C.[Co]. The van der Waals surface area contributed by atoms with E-state index in [1.807, 2.05) is 0 Å². The Labute approximate surface area is 44.2 Å². The molecule has 0 heterocycles. The van der Waals surface area contributed by atoms with Crippen LogP contribution in [-0.4, -0.2) is 0 Å². The van der Waals surface area contributed by atoms with Crippen LogP contribution in [0.4, 0.5) is 0 Å². The summed E-state index contributed by atoms with van der Waals surface area (Å²) >= 11 is 0. The summed E-state index contributed by atoms with van der Waals surface area (Å²) in [5.41, 5.74) is 0. The van der Waals surface area contributed by atoms with Gasteiger partial charge in [0.15, 0.2) is 0 Å². The van der Waals surface area contributed by atoms with E-state index >= 15 is 0 Å². The van der Waals surface area contributed by atoms with E-state index in [1.54, 1.807) is 0 Å². The Hall–Kier alpha value is 0.506. The minimum Gasteiger partial charge on any atom is -0.0630 e. The van der Waals surface area contributed by atoms with Crippen LogP contribution in [0.3, 0.4) is 0 Å². The summed E-state index contributed by atoms with van der Waals surface area (Å²) < 4.78 is 0. The van der Waals surface area contributed by atoms with E-state index < -0.39 is 0 Å². The van der Waals surface area contributed by atoms with Gasteiger partial charge in [-0.3, -0.25) is 0 Å². The smallest absolute Gasteiger partial charge is 0 e. The van der Waals surface area contributed by atoms with Crippen molar-refractivity contribution < 1.29 is 16.8 Å². The summed E-state index contributed by atoms with van der Waals surface area (Å²) in [7, 11) is 0. The zero-order chi connectivity index (χ0) is 3.58. The van der Waals surface area contributed by atoms with Gasteiger partial charge in [0.1, 0.15) is 0 Å². The molecule has 0 aliphatic rings. The van der Waals surface area contributed by atoms with Crippen LogP contribution in [0.5, 0.6) is 0 Å². The first-order valence-electron chi connectivity index (χ1n) is 1.73. The second kappa shape index (κ2) is 4.51. The number of hydrogen-bond acceptors (Lipinski definition) is 0. The third-order valence-corrected chi connectivity index (χ3v) is 0. The van der Waals surface area contributed by atoms with Gasteiger partial charge in [-0.1, -0.05) is 20.8 Å². The number of rotatable bonds is 0. The fourth-order valence-electron chi connectivity index (χ4n) is 0. The monoisotopic (exact) mass is 117 g/mol. The molecule has 0 saturated carbocycles. The van der Waals surface area contributed by atoms with E-state index in [-0.39, 0.29) is 16.8 Å². The largest absolute Gasteiger partial charge is 0.0630 e. The summed E-state index contributed by atoms with van der Waals surface area (Å²) in [4.78, 5) is 0. The first-order valence-corrected chi connectivity index (χ1v) is 1.73. The maximum Gasteiger partial charge on any atom is 0 e. The molecule has 0 aliphatic heterocycles. The van der Waals surface area contributed by atoms with E-state index in [4.69, 9.17) is 0 Å². The maximum atomic E-state index is 2.17. The first-order chi connectivity index (χ1) is 1.73. The van der Waals surface area contributed by atoms with Crippen molar-refractivity contribution in [2.45, 2.75) is 20.8 Å². The molecular formula is C4H10Co. The van der Waals surface area contributed by atoms with Crippen molar-refractivity contribution in [2.75, 3.05) is 0 Å². The molecule has 0 aromatic rings. The Balaban J connectivity index is 0. The molecule has 0 atom stereocenters. The Morgan fingerprint density at radius 2 is 1.00 bits per heavy atom. The summed E-state index contributed by atoms with van der Waals surface area (Å²) in [6, 6.07) is 0. The average Bonchev–Trinajstić information content (AvgIpc) is 0.811. The van der Waals surface area contributed by atoms with E-state index in [0.717, 1.165) is 5.92 Å². The van der Waals surface area contributed by atoms with Crippen LogP contribution >= 0.6 is 0 Å². The van der Waals surface area contributed by atoms with Crippen LogP contribution < -0.4 is 0 Å². The second-order valence-corrected chi connectivity index (χ2v) is 1.73. The molecule has 0 nitrogen and oxygen atoms in total. The van der Waals surface area contributed by atoms with E-state index in [9.17, 15) is 0 Å². The van der Waals surface area contributed by atoms with Crippen LogP contribution in [0.25, 0.3) is 0 Å². The Morgan fingerprint density at radius 1 is 1.00 bits per heavy atom. The molecule has 0 N–H and O–H groups in total. The van der Waals surface area contributed by atoms with Gasteiger partial charge >= 0.3 is 0 Å². The minimum absolute atomic E-state index is 0. The third kappa shape index (κ3) is 110. The predicted octanol–water partition coefficient (Wildman–Crippen LogP) is 1.66. The molecule has 0 saturated heterocycles. The van der Waals surface area contributed by atoms with Gasteiger partial charge < -0.3 is 0 Å². The second-order valence-electron chi connectivity index (χ2n) is 1.73. The van der Waals surface area contributed by atoms with Gasteiger partial charge in [-0.15, -0.1) is 0 Å². The normalized spacial score (nSPS) is 7.20. The Kier molecular flexibility index (Phi) is 8.20. The van der Waals surface area contributed by atoms with Gasteiger partial charge in [0.05, 0.1) is 0 Å². The zero-order valence-corrected chi connectivity index (χ0v) is 4.95. The van der Waals surface area contributed by atoms with Crippen molar-refractivity contribution in [3.63, 3.8) is 0 Å². The van der Waals surface area contributed by atoms with Crippen molar-refractivity contribution >= 4 is 0 Å². The molecule has 1 radical (unpaired) electrons. The quantitative estimate of drug-likeness (QED) is 0.452. The molecule has 35 valence electrons. The molecular weight excluding hydrogens is 107 g/mol. The molecule has 0 aliphatic carbocycles. The molecule has 0 amide bonds. The van der Waals surface area contributed by atoms with Gasteiger partial charge in [-0.2, -0.15) is 0 Å². The first kappa shape index (κ1) is 9.10. The summed E-state index contributed by atoms with van der Waals surface area (Å²) in [5.74, 6) is 0.833. The molecule has 0 aromatic carbocycles. The predicted molar refractivity (Wildman–Crippen MR) is 20.5 cm³/mol. The molecule has 0 aromatic heterocycles. The van der Waals surface area contributed by atoms with Crippen molar-refractivity contribution in [1.82, 2.24) is 0 Å². The summed E-state index contributed by atoms with van der Waals surface area (Å²) in [6.45, 7) is 6.50. The van der Waals surface area contributed by atoms with Crippen LogP contribution in [0, 0.1) is 5.92 Å². The fourth-order valence-corrected chi connectivity index (χ4v) is 0. The molecule has 0 spiro atoms. The third-order valence-electron chi connectivity index (χ3n) is 0. The van der Waals surface area contributed by atoms with Crippen LogP contribution in [-0.2, 0) is 16.8 Å². The van der Waals surface area contributed by atoms with E-state index in [0.29, 0.717) is 0 Å². The zero-order valence-electron chi connectivity index (χ0n) is 3.91. The van der Waals surface area contributed by atoms with Crippen LogP contribution in [0.15, 0.2) is 0 Å². The maximum absolute atomic E-state index is 2.17. The van der Waals surface area contributed by atoms with Gasteiger partial charge in [0.25, 0.3) is 0 Å². The Bertz CT molecular complexity index is 8.36. The topological polar surface area (TPSA) is 0 Å². The summed E-state index contributed by atoms with van der Waals surface area (Å²) in [6.07, 6.45) is 0. The standard InChI is InChI=1S/C4H10.Co/c1-4(2)3;/h4H,1-3H3;. The van der Waals surface area contributed by atoms with Crippen molar-refractivity contribution in [1.29, 1.82) is 0 Å². The van der Waals surface area contributed by atoms with E-state index in [1.165, 1.54) is 0 Å². The van der Waals surface area contributed by atoms with E-state index in [2.05, 4.69) is 20.8 Å². The van der Waals surface area contributed by atoms with Crippen molar-refractivity contribution in [3.8, 4) is 0 Å².